The lowest BCUT2D eigenvalue weighted by Crippen LogP contribution is -2.26. The Labute approximate surface area is 131 Å². The van der Waals surface area contributed by atoms with Crippen LogP contribution in [0, 0.1) is 10.1 Å². The molecule has 1 aliphatic carbocycles. The zero-order valence-corrected chi connectivity index (χ0v) is 13.1. The first kappa shape index (κ1) is 14.9. The van der Waals surface area contributed by atoms with E-state index in [0.717, 1.165) is 43.4 Å². The maximum Gasteiger partial charge on any atom is 0.269 e. The second-order valence-electron chi connectivity index (χ2n) is 4.99. The SMILES string of the molecule is O=[N+]([O-])c1ccc(S(=O)(=O)[N-][n+]2cc3c(s2)CCCC3)cc1. The van der Waals surface area contributed by atoms with Gasteiger partial charge < -0.3 is 4.83 Å². The Morgan fingerprint density at radius 2 is 1.86 bits per heavy atom. The highest BCUT2D eigenvalue weighted by molar-refractivity contribution is 7.93. The highest BCUT2D eigenvalue weighted by Crippen LogP contribution is 2.25. The zero-order chi connectivity index (χ0) is 15.7. The Morgan fingerprint density at radius 3 is 2.50 bits per heavy atom. The minimum Gasteiger partial charge on any atom is -0.303 e. The van der Waals surface area contributed by atoms with Crippen LogP contribution in [0.4, 0.5) is 5.69 Å². The lowest BCUT2D eigenvalue weighted by molar-refractivity contribution is -0.539. The summed E-state index contributed by atoms with van der Waals surface area (Å²) in [6, 6.07) is 4.72. The van der Waals surface area contributed by atoms with Crippen LogP contribution >= 0.6 is 11.5 Å². The van der Waals surface area contributed by atoms with E-state index in [-0.39, 0.29) is 10.6 Å². The number of nitro benzene ring substituents is 1. The molecule has 0 bridgehead atoms. The third-order valence-electron chi connectivity index (χ3n) is 3.46. The van der Waals surface area contributed by atoms with Crippen LogP contribution in [0.25, 0.3) is 4.83 Å². The third-order valence-corrected chi connectivity index (χ3v) is 5.88. The van der Waals surface area contributed by atoms with Crippen molar-refractivity contribution in [2.24, 2.45) is 0 Å². The fourth-order valence-electron chi connectivity index (χ4n) is 2.35. The zero-order valence-electron chi connectivity index (χ0n) is 11.5. The highest BCUT2D eigenvalue weighted by Gasteiger charge is 2.19. The van der Waals surface area contributed by atoms with Crippen molar-refractivity contribution >= 4 is 27.2 Å². The van der Waals surface area contributed by atoms with Crippen LogP contribution in [-0.2, 0) is 22.9 Å². The highest BCUT2D eigenvalue weighted by atomic mass is 32.2. The Kier molecular flexibility index (Phi) is 3.83. The van der Waals surface area contributed by atoms with E-state index in [1.54, 1.807) is 6.20 Å². The van der Waals surface area contributed by atoms with Crippen molar-refractivity contribution in [3.63, 3.8) is 0 Å². The molecule has 116 valence electrons. The minimum absolute atomic E-state index is 0.0584. The summed E-state index contributed by atoms with van der Waals surface area (Å²) in [5.41, 5.74) is 0.997. The fourth-order valence-corrected chi connectivity index (χ4v) is 4.49. The van der Waals surface area contributed by atoms with Crippen LogP contribution in [0.15, 0.2) is 35.4 Å². The second-order valence-corrected chi connectivity index (χ2v) is 7.62. The summed E-state index contributed by atoms with van der Waals surface area (Å²) in [5.74, 6) is 0. The van der Waals surface area contributed by atoms with Gasteiger partial charge in [-0.3, -0.25) is 10.1 Å². The predicted molar refractivity (Wildman–Crippen MR) is 80.2 cm³/mol. The molecule has 0 amide bonds. The normalized spacial score (nSPS) is 14.4. The molecule has 0 spiro atoms. The van der Waals surface area contributed by atoms with Crippen molar-refractivity contribution in [3.05, 3.63) is 55.8 Å². The molecule has 22 heavy (non-hydrogen) atoms. The summed E-state index contributed by atoms with van der Waals surface area (Å²) in [4.78, 5) is 14.9. The molecule has 0 atom stereocenters. The number of aromatic nitrogens is 1. The smallest absolute Gasteiger partial charge is 0.269 e. The molecule has 1 aromatic carbocycles. The van der Waals surface area contributed by atoms with E-state index in [1.807, 2.05) is 0 Å². The standard InChI is InChI=1S/C13H13N3O4S2/c17-16(18)11-5-7-12(8-6-11)22(19,20)14-15-9-10-3-1-2-4-13(10)21-15/h5-9H,1-4H2. The molecular formula is C13H13N3O4S2. The molecule has 0 N–H and O–H groups in total. The van der Waals surface area contributed by atoms with Crippen molar-refractivity contribution in [1.29, 1.82) is 0 Å². The Balaban J connectivity index is 1.83. The molecule has 0 saturated heterocycles. The van der Waals surface area contributed by atoms with E-state index < -0.39 is 14.9 Å². The monoisotopic (exact) mass is 339 g/mol. The van der Waals surface area contributed by atoms with E-state index in [2.05, 4.69) is 4.83 Å². The number of rotatable bonds is 4. The van der Waals surface area contributed by atoms with Gasteiger partial charge in [-0.05, 0) is 37.8 Å². The average Bonchev–Trinajstić information content (AvgIpc) is 2.88. The van der Waals surface area contributed by atoms with Crippen molar-refractivity contribution < 1.29 is 17.4 Å². The van der Waals surface area contributed by atoms with E-state index in [9.17, 15) is 18.5 Å². The van der Waals surface area contributed by atoms with Crippen molar-refractivity contribution in [3.8, 4) is 0 Å². The number of nitrogens with zero attached hydrogens (tertiary/aromatic N) is 3. The summed E-state index contributed by atoms with van der Waals surface area (Å²) in [7, 11) is -3.88. The topological polar surface area (TPSA) is 95.3 Å². The number of sulfonamides is 1. The molecule has 0 fully saturated rings. The van der Waals surface area contributed by atoms with Crippen molar-refractivity contribution in [2.75, 3.05) is 0 Å². The number of nitro groups is 1. The third kappa shape index (κ3) is 2.95. The van der Waals surface area contributed by atoms with Gasteiger partial charge in [0.1, 0.15) is 11.5 Å². The predicted octanol–water partition coefficient (Wildman–Crippen LogP) is 2.35. The molecule has 9 heteroatoms. The number of hydrogen-bond donors (Lipinski definition) is 0. The summed E-state index contributed by atoms with van der Waals surface area (Å²) in [5, 5.41) is 10.6. The van der Waals surface area contributed by atoms with Gasteiger partial charge in [0, 0.05) is 17.7 Å². The Morgan fingerprint density at radius 1 is 1.18 bits per heavy atom. The van der Waals surface area contributed by atoms with Crippen LogP contribution in [0.5, 0.6) is 0 Å². The van der Waals surface area contributed by atoms with Crippen LogP contribution < -0.4 is 4.07 Å². The molecule has 7 nitrogen and oxygen atoms in total. The Hall–Kier alpha value is -2.00. The van der Waals surface area contributed by atoms with Crippen LogP contribution in [0.1, 0.15) is 23.3 Å². The van der Waals surface area contributed by atoms with Crippen LogP contribution in [0.3, 0.4) is 0 Å². The molecular weight excluding hydrogens is 326 g/mol. The van der Waals surface area contributed by atoms with E-state index >= 15 is 0 Å². The van der Waals surface area contributed by atoms with Gasteiger partial charge in [-0.2, -0.15) is 4.07 Å². The second kappa shape index (κ2) is 5.65. The number of benzene rings is 1. The molecule has 1 aromatic heterocycles. The first-order valence-electron chi connectivity index (χ1n) is 6.72. The van der Waals surface area contributed by atoms with Gasteiger partial charge >= 0.3 is 0 Å². The first-order valence-corrected chi connectivity index (χ1v) is 8.93. The van der Waals surface area contributed by atoms with Gasteiger partial charge in [0.2, 0.25) is 0 Å². The van der Waals surface area contributed by atoms with E-state index in [0.29, 0.717) is 0 Å². The largest absolute Gasteiger partial charge is 0.303 e. The fraction of sp³-hybridized carbons (Fsp3) is 0.308. The molecule has 3 rings (SSSR count). The maximum absolute atomic E-state index is 12.2. The number of hydrogen-bond acceptors (Lipinski definition) is 5. The lowest BCUT2D eigenvalue weighted by atomic mass is 10.0. The van der Waals surface area contributed by atoms with Gasteiger partial charge in [0.25, 0.3) is 5.69 Å². The van der Waals surface area contributed by atoms with Crippen LogP contribution in [0.2, 0.25) is 0 Å². The number of aryl methyl sites for hydroxylation is 2. The van der Waals surface area contributed by atoms with Gasteiger partial charge in [-0.15, -0.1) is 0 Å². The average molecular weight is 339 g/mol. The lowest BCUT2D eigenvalue weighted by Gasteiger charge is -2.11. The van der Waals surface area contributed by atoms with Crippen LogP contribution in [-0.4, -0.2) is 13.3 Å². The minimum atomic E-state index is -3.88. The first-order chi connectivity index (χ1) is 10.5. The summed E-state index contributed by atoms with van der Waals surface area (Å²) in [6.45, 7) is 0. The number of fused-ring (bicyclic) bond motifs is 1. The molecule has 2 aromatic rings. The molecule has 0 unspecified atom stereocenters. The Bertz CT molecular complexity index is 789. The van der Waals surface area contributed by atoms with Gasteiger partial charge in [0.05, 0.1) is 14.7 Å². The van der Waals surface area contributed by atoms with E-state index in [4.69, 9.17) is 0 Å². The number of non-ortho nitro benzene ring substituents is 1. The summed E-state index contributed by atoms with van der Waals surface area (Å²) in [6.07, 6.45) is 5.88. The summed E-state index contributed by atoms with van der Waals surface area (Å²) < 4.78 is 25.9. The van der Waals surface area contributed by atoms with Crippen molar-refractivity contribution in [2.45, 2.75) is 30.6 Å². The van der Waals surface area contributed by atoms with Gasteiger partial charge in [0.15, 0.2) is 16.2 Å². The van der Waals surface area contributed by atoms with E-state index in [1.165, 1.54) is 32.6 Å². The quantitative estimate of drug-likeness (QED) is 0.485. The maximum atomic E-state index is 12.2. The summed E-state index contributed by atoms with van der Waals surface area (Å²) >= 11 is 1.33. The van der Waals surface area contributed by atoms with Crippen molar-refractivity contribution in [1.82, 2.24) is 0 Å². The molecule has 0 saturated carbocycles. The molecule has 0 radical (unpaired) electrons. The van der Waals surface area contributed by atoms with Gasteiger partial charge in [-0.1, -0.05) is 0 Å². The van der Waals surface area contributed by atoms with Gasteiger partial charge in [-0.25, -0.2) is 8.42 Å². The molecule has 1 aliphatic rings. The molecule has 1 heterocycles. The molecule has 0 aliphatic heterocycles.